The third kappa shape index (κ3) is 5.35. The number of carbonyl (C=O) groups excluding carboxylic acids is 2. The molecule has 0 aromatic heterocycles. The molecule has 0 heterocycles. The molecule has 27 heavy (non-hydrogen) atoms. The highest BCUT2D eigenvalue weighted by Crippen LogP contribution is 2.33. The Bertz CT molecular complexity index is 796. The number of ether oxygens (including phenoxy) is 2. The van der Waals surface area contributed by atoms with Gasteiger partial charge in [0.05, 0.1) is 21.3 Å². The molecule has 1 amide bonds. The molecule has 0 aliphatic heterocycles. The molecule has 2 rings (SSSR count). The van der Waals surface area contributed by atoms with Crippen molar-refractivity contribution in [3.63, 3.8) is 0 Å². The molecule has 7 nitrogen and oxygen atoms in total. The van der Waals surface area contributed by atoms with Crippen LogP contribution in [0.5, 0.6) is 11.5 Å². The van der Waals surface area contributed by atoms with E-state index in [-0.39, 0.29) is 6.42 Å². The van der Waals surface area contributed by atoms with Gasteiger partial charge in [-0.05, 0) is 23.8 Å². The van der Waals surface area contributed by atoms with Gasteiger partial charge in [-0.2, -0.15) is 4.89 Å². The predicted molar refractivity (Wildman–Crippen MR) is 99.1 cm³/mol. The second-order valence-corrected chi connectivity index (χ2v) is 5.87. The summed E-state index contributed by atoms with van der Waals surface area (Å²) in [7, 11) is 4.19. The van der Waals surface area contributed by atoms with Crippen molar-refractivity contribution in [1.82, 2.24) is 5.32 Å². The van der Waals surface area contributed by atoms with Crippen LogP contribution in [0.2, 0.25) is 5.02 Å². The first kappa shape index (κ1) is 20.5. The maximum Gasteiger partial charge on any atom is 0.364 e. The van der Waals surface area contributed by atoms with Crippen LogP contribution in [-0.4, -0.2) is 39.2 Å². The zero-order chi connectivity index (χ0) is 19.8. The molecule has 0 aliphatic carbocycles. The van der Waals surface area contributed by atoms with Crippen molar-refractivity contribution < 1.29 is 28.8 Å². The lowest BCUT2D eigenvalue weighted by Gasteiger charge is -2.18. The van der Waals surface area contributed by atoms with E-state index < -0.39 is 17.9 Å². The molecule has 144 valence electrons. The third-order valence-corrected chi connectivity index (χ3v) is 4.12. The Morgan fingerprint density at radius 3 is 2.26 bits per heavy atom. The minimum absolute atomic E-state index is 0.0694. The van der Waals surface area contributed by atoms with Gasteiger partial charge in [0, 0.05) is 23.1 Å². The van der Waals surface area contributed by atoms with Crippen molar-refractivity contribution in [2.75, 3.05) is 21.3 Å². The number of nitrogens with one attached hydrogen (secondary N) is 1. The predicted octanol–water partition coefficient (Wildman–Crippen LogP) is 2.80. The molecule has 0 fully saturated rings. The fourth-order valence-corrected chi connectivity index (χ4v) is 2.67. The van der Waals surface area contributed by atoms with Crippen LogP contribution < -0.4 is 14.8 Å². The van der Waals surface area contributed by atoms with E-state index in [1.165, 1.54) is 21.3 Å². The van der Waals surface area contributed by atoms with Gasteiger partial charge in [0.1, 0.15) is 6.04 Å². The van der Waals surface area contributed by atoms with Crippen molar-refractivity contribution in [3.8, 4) is 11.5 Å². The molecule has 0 radical (unpaired) electrons. The van der Waals surface area contributed by atoms with Gasteiger partial charge in [0.2, 0.25) is 0 Å². The molecule has 0 bridgehead atoms. The van der Waals surface area contributed by atoms with Gasteiger partial charge in [0.25, 0.3) is 5.91 Å². The molecule has 8 heteroatoms. The molecule has 2 aromatic rings. The summed E-state index contributed by atoms with van der Waals surface area (Å²) in [6, 6.07) is 10.7. The Morgan fingerprint density at radius 2 is 1.67 bits per heavy atom. The maximum atomic E-state index is 12.4. The van der Waals surface area contributed by atoms with E-state index in [4.69, 9.17) is 21.1 Å². The van der Waals surface area contributed by atoms with E-state index in [0.29, 0.717) is 27.6 Å². The highest BCUT2D eigenvalue weighted by atomic mass is 35.5. The van der Waals surface area contributed by atoms with Gasteiger partial charge in [-0.25, -0.2) is 4.79 Å². The SMILES string of the molecule is COOC(=O)[C@H](Cc1cc(OC)c(OC)cc1Cl)NC(=O)c1ccccc1. The Morgan fingerprint density at radius 1 is 1.04 bits per heavy atom. The molecule has 0 saturated heterocycles. The van der Waals surface area contributed by atoms with E-state index >= 15 is 0 Å². The Hall–Kier alpha value is -2.77. The molecule has 1 atom stereocenters. The second-order valence-electron chi connectivity index (χ2n) is 5.46. The second kappa shape index (κ2) is 9.80. The lowest BCUT2D eigenvalue weighted by Crippen LogP contribution is -2.43. The number of amides is 1. The third-order valence-electron chi connectivity index (χ3n) is 3.77. The normalized spacial score (nSPS) is 11.4. The molecule has 2 aromatic carbocycles. The highest BCUT2D eigenvalue weighted by Gasteiger charge is 2.26. The summed E-state index contributed by atoms with van der Waals surface area (Å²) in [6.07, 6.45) is 0.0694. The van der Waals surface area contributed by atoms with Crippen LogP contribution in [-0.2, 0) is 21.0 Å². The zero-order valence-electron chi connectivity index (χ0n) is 15.2. The molecular formula is C19H20ClNO6. The first-order valence-corrected chi connectivity index (χ1v) is 8.38. The van der Waals surface area contributed by atoms with Gasteiger partial charge < -0.3 is 14.8 Å². The minimum atomic E-state index is -1.02. The summed E-state index contributed by atoms with van der Waals surface area (Å²) in [6.45, 7) is 0. The lowest BCUT2D eigenvalue weighted by atomic mass is 10.0. The number of hydrogen-bond acceptors (Lipinski definition) is 6. The van der Waals surface area contributed by atoms with E-state index in [9.17, 15) is 9.59 Å². The Labute approximate surface area is 162 Å². The van der Waals surface area contributed by atoms with Crippen molar-refractivity contribution in [1.29, 1.82) is 0 Å². The largest absolute Gasteiger partial charge is 0.493 e. The van der Waals surface area contributed by atoms with Crippen LogP contribution in [0.1, 0.15) is 15.9 Å². The van der Waals surface area contributed by atoms with Crippen LogP contribution in [0, 0.1) is 0 Å². The average molecular weight is 394 g/mol. The van der Waals surface area contributed by atoms with Gasteiger partial charge in [-0.1, -0.05) is 29.8 Å². The smallest absolute Gasteiger partial charge is 0.364 e. The first-order valence-electron chi connectivity index (χ1n) is 8.01. The van der Waals surface area contributed by atoms with Gasteiger partial charge in [0.15, 0.2) is 11.5 Å². The van der Waals surface area contributed by atoms with Gasteiger partial charge in [-0.15, -0.1) is 0 Å². The van der Waals surface area contributed by atoms with Crippen molar-refractivity contribution in [2.45, 2.75) is 12.5 Å². The maximum absolute atomic E-state index is 12.4. The molecule has 0 aliphatic rings. The van der Waals surface area contributed by atoms with E-state index in [1.807, 2.05) is 0 Å². The Kier molecular flexibility index (Phi) is 7.45. The van der Waals surface area contributed by atoms with Crippen molar-refractivity contribution in [3.05, 3.63) is 58.6 Å². The van der Waals surface area contributed by atoms with Crippen LogP contribution in [0.15, 0.2) is 42.5 Å². The minimum Gasteiger partial charge on any atom is -0.493 e. The van der Waals surface area contributed by atoms with Gasteiger partial charge >= 0.3 is 5.97 Å². The van der Waals surface area contributed by atoms with Crippen molar-refractivity contribution >= 4 is 23.5 Å². The van der Waals surface area contributed by atoms with Crippen LogP contribution in [0.4, 0.5) is 0 Å². The molecule has 1 N–H and O–H groups in total. The quantitative estimate of drug-likeness (QED) is 0.548. The summed E-state index contributed by atoms with van der Waals surface area (Å²) in [5, 5.41) is 2.99. The Balaban J connectivity index is 2.27. The number of hydrogen-bond donors (Lipinski definition) is 1. The summed E-state index contributed by atoms with van der Waals surface area (Å²) in [4.78, 5) is 33.7. The lowest BCUT2D eigenvalue weighted by molar-refractivity contribution is -0.256. The molecule has 0 saturated carbocycles. The summed E-state index contributed by atoms with van der Waals surface area (Å²) in [5.74, 6) is -0.279. The van der Waals surface area contributed by atoms with Crippen LogP contribution in [0.3, 0.4) is 0 Å². The van der Waals surface area contributed by atoms with E-state index in [1.54, 1.807) is 42.5 Å². The molecule has 0 unspecified atom stereocenters. The summed E-state index contributed by atoms with van der Waals surface area (Å²) >= 11 is 6.28. The number of carbonyl (C=O) groups is 2. The number of halogens is 1. The standard InChI is InChI=1S/C19H20ClNO6/c1-24-16-10-13(14(20)11-17(16)25-2)9-15(19(23)27-26-3)21-18(22)12-7-5-4-6-8-12/h4-8,10-11,15H,9H2,1-3H3,(H,21,22)/t15-/m0/s1. The van der Waals surface area contributed by atoms with Crippen LogP contribution in [0.25, 0.3) is 0 Å². The molecular weight excluding hydrogens is 374 g/mol. The highest BCUT2D eigenvalue weighted by molar-refractivity contribution is 6.31. The van der Waals surface area contributed by atoms with E-state index in [0.717, 1.165) is 0 Å². The first-order chi connectivity index (χ1) is 13.0. The zero-order valence-corrected chi connectivity index (χ0v) is 15.9. The average Bonchev–Trinajstić information content (AvgIpc) is 2.69. The molecule has 0 spiro atoms. The summed E-state index contributed by atoms with van der Waals surface area (Å²) in [5.41, 5.74) is 0.979. The summed E-state index contributed by atoms with van der Waals surface area (Å²) < 4.78 is 10.5. The fourth-order valence-electron chi connectivity index (χ4n) is 2.44. The number of rotatable bonds is 8. The van der Waals surface area contributed by atoms with E-state index in [2.05, 4.69) is 15.1 Å². The fraction of sp³-hybridized carbons (Fsp3) is 0.263. The monoisotopic (exact) mass is 393 g/mol. The number of benzene rings is 2. The van der Waals surface area contributed by atoms with Crippen molar-refractivity contribution in [2.24, 2.45) is 0 Å². The topological polar surface area (TPSA) is 83.1 Å². The van der Waals surface area contributed by atoms with Gasteiger partial charge in [-0.3, -0.25) is 9.68 Å². The number of methoxy groups -OCH3 is 2. The van der Waals surface area contributed by atoms with Crippen LogP contribution >= 0.6 is 11.6 Å².